The smallest absolute Gasteiger partial charge is 0.311 e. The number of benzene rings is 1. The summed E-state index contributed by atoms with van der Waals surface area (Å²) in [5, 5.41) is 61.7. The molecule has 0 radical (unpaired) electrons. The Bertz CT molecular complexity index is 2100. The molecule has 4 aliphatic heterocycles. The highest BCUT2D eigenvalue weighted by molar-refractivity contribution is 6.37. The second-order valence-corrected chi connectivity index (χ2v) is 22.7. The zero-order valence-corrected chi connectivity index (χ0v) is 45.5. The molecule has 20 heteroatoms. The van der Waals surface area contributed by atoms with Crippen LogP contribution in [0.5, 0.6) is 0 Å². The molecular formula is C51H82Cl2N6O12. The molecule has 18 nitrogen and oxygen atoms in total. The number of aromatic nitrogens is 3. The number of nitrogens with zero attached hydrogens (tertiary/aromatic N) is 6. The third-order valence-electron chi connectivity index (χ3n) is 15.7. The Morgan fingerprint density at radius 3 is 2.37 bits per heavy atom. The second kappa shape index (κ2) is 24.0. The molecule has 6 rings (SSSR count). The van der Waals surface area contributed by atoms with E-state index in [1.54, 1.807) is 51.4 Å². The monoisotopic (exact) mass is 1040 g/mol. The third-order valence-corrected chi connectivity index (χ3v) is 16.2. The van der Waals surface area contributed by atoms with Crippen LogP contribution in [0.1, 0.15) is 119 Å². The normalized spacial score (nSPS) is 40.4. The number of carbonyl (C=O) groups excluding carboxylic acids is 1. The molecule has 4 N–H and O–H groups in total. The number of esters is 1. The van der Waals surface area contributed by atoms with Crippen molar-refractivity contribution in [3.63, 3.8) is 0 Å². The van der Waals surface area contributed by atoms with Gasteiger partial charge in [0.1, 0.15) is 23.9 Å². The molecule has 71 heavy (non-hydrogen) atoms. The maximum Gasteiger partial charge on any atom is 0.311 e. The summed E-state index contributed by atoms with van der Waals surface area (Å²) in [7, 11) is 5.47. The highest BCUT2D eigenvalue weighted by atomic mass is 35.5. The molecule has 0 bridgehead atoms. The number of halogens is 2. The SMILES string of the molecule is CC[C@H]1OC(=O)[C@H](C)[C@@H](O[C@H]2C[C@@](C)(OC)[C@@H](O)[C@H](C)O2)[C@H](C)[C@@H](O[C@H]2C[C@@H](N(C)CCc3cn(C[C@H]4CC(c5ccc(Cl)cc5Cl)=NO4)nn3)C[C@@H](C)O2)[C@](C)(O)C[C@@H](C)CN(C)[C@H](C)[C@@H](O)[C@]1(C)O. The maximum atomic E-state index is 14.5. The summed E-state index contributed by atoms with van der Waals surface area (Å²) in [6.45, 7) is 19.6. The number of cyclic esters (lactones) is 1. The first-order valence-electron chi connectivity index (χ1n) is 25.4. The predicted molar refractivity (Wildman–Crippen MR) is 268 cm³/mol. The molecule has 402 valence electrons. The lowest BCUT2D eigenvalue weighted by Gasteiger charge is -2.48. The number of aliphatic hydroxyl groups excluding tert-OH is 2. The van der Waals surface area contributed by atoms with Gasteiger partial charge in [-0.15, -0.1) is 5.10 Å². The number of likely N-dealkylation sites (N-methyl/N-ethyl adjacent to an activating group) is 2. The quantitative estimate of drug-likeness (QED) is 0.179. The van der Waals surface area contributed by atoms with Crippen molar-refractivity contribution in [2.45, 2.75) is 211 Å². The average Bonchev–Trinajstić information content (AvgIpc) is 3.97. The minimum Gasteiger partial charge on any atom is -0.459 e. The molecular weight excluding hydrogens is 959 g/mol. The van der Waals surface area contributed by atoms with E-state index in [1.165, 1.54) is 14.0 Å². The molecule has 1 aromatic carbocycles. The van der Waals surface area contributed by atoms with Crippen molar-refractivity contribution in [1.29, 1.82) is 0 Å². The number of aliphatic hydroxyl groups is 4. The van der Waals surface area contributed by atoms with Crippen LogP contribution < -0.4 is 0 Å². The summed E-state index contributed by atoms with van der Waals surface area (Å²) in [6.07, 6.45) is -3.03. The first-order valence-corrected chi connectivity index (χ1v) is 26.2. The van der Waals surface area contributed by atoms with Gasteiger partial charge in [-0.1, -0.05) is 60.4 Å². The molecule has 0 aliphatic carbocycles. The molecule has 18 atom stereocenters. The molecule has 1 aromatic heterocycles. The van der Waals surface area contributed by atoms with E-state index in [0.717, 1.165) is 23.4 Å². The van der Waals surface area contributed by atoms with Crippen LogP contribution in [0.2, 0.25) is 10.0 Å². The highest BCUT2D eigenvalue weighted by Gasteiger charge is 2.52. The predicted octanol–water partition coefficient (Wildman–Crippen LogP) is 5.63. The lowest BCUT2D eigenvalue weighted by Crippen LogP contribution is -2.59. The Labute approximate surface area is 430 Å². The van der Waals surface area contributed by atoms with Crippen LogP contribution in [0.3, 0.4) is 0 Å². The van der Waals surface area contributed by atoms with E-state index in [4.69, 9.17) is 56.5 Å². The summed E-state index contributed by atoms with van der Waals surface area (Å²) < 4.78 is 40.5. The Kier molecular flexibility index (Phi) is 19.5. The van der Waals surface area contributed by atoms with Crippen LogP contribution in [-0.2, 0) is 51.0 Å². The lowest BCUT2D eigenvalue weighted by molar-refractivity contribution is -0.308. The van der Waals surface area contributed by atoms with Crippen LogP contribution >= 0.6 is 23.2 Å². The molecule has 2 aromatic rings. The molecule has 3 saturated heterocycles. The third kappa shape index (κ3) is 13.8. The van der Waals surface area contributed by atoms with Gasteiger partial charge in [0.15, 0.2) is 18.7 Å². The number of rotatable bonds is 13. The van der Waals surface area contributed by atoms with Gasteiger partial charge < -0.3 is 63.5 Å². The largest absolute Gasteiger partial charge is 0.459 e. The summed E-state index contributed by atoms with van der Waals surface area (Å²) in [6, 6.07) is 4.81. The maximum absolute atomic E-state index is 14.5. The molecule has 4 aliphatic rings. The molecule has 0 saturated carbocycles. The van der Waals surface area contributed by atoms with Gasteiger partial charge in [-0.2, -0.15) is 0 Å². The minimum atomic E-state index is -1.81. The van der Waals surface area contributed by atoms with Gasteiger partial charge in [0.05, 0.1) is 64.5 Å². The summed E-state index contributed by atoms with van der Waals surface area (Å²) in [4.78, 5) is 24.4. The van der Waals surface area contributed by atoms with Crippen molar-refractivity contribution in [3.8, 4) is 0 Å². The number of hydrogen-bond donors (Lipinski definition) is 4. The minimum absolute atomic E-state index is 0.0407. The summed E-state index contributed by atoms with van der Waals surface area (Å²) in [5.74, 6) is -2.49. The van der Waals surface area contributed by atoms with Crippen LogP contribution in [0.15, 0.2) is 29.6 Å². The molecule has 0 amide bonds. The number of methoxy groups -OCH3 is 1. The first-order chi connectivity index (χ1) is 33.3. The number of carbonyl (C=O) groups is 1. The fourth-order valence-electron chi connectivity index (χ4n) is 11.3. The van der Waals surface area contributed by atoms with Crippen LogP contribution in [0, 0.1) is 17.8 Å². The number of oxime groups is 1. The van der Waals surface area contributed by atoms with Crippen molar-refractivity contribution in [3.05, 3.63) is 45.7 Å². The van der Waals surface area contributed by atoms with Crippen LogP contribution in [0.25, 0.3) is 0 Å². The number of hydrogen-bond acceptors (Lipinski definition) is 17. The fraction of sp³-hybridized carbons (Fsp3) is 0.804. The standard InChI is InChI=1S/C51H82Cl2N6O12/c1-14-41-51(10,64)45(60)32(6)58(12)25-28(2)23-49(8,63)47(30(4)44(31(5)48(62)68-41)69-43-24-50(9,65-13)46(61)33(7)67-43)70-42-21-36(19-29(3)66-42)57(11)18-17-35-26-59(56-54-35)27-37-22-40(55-71-37)38-16-15-34(52)20-39(38)53/h15-16,20,26,28-33,36-37,41-47,60-61,63-64H,14,17-19,21-25,27H2,1-13H3/t28-,29-,30+,31-,32-,33+,36+,37-,41-,42+,43+,44+,45-,46+,47-,49-,50-,51-/m1/s1. The van der Waals surface area contributed by atoms with Gasteiger partial charge >= 0.3 is 5.97 Å². The van der Waals surface area contributed by atoms with Crippen molar-refractivity contribution in [2.24, 2.45) is 22.9 Å². The number of ether oxygens (including phenoxy) is 6. The Hall–Kier alpha value is -2.56. The zero-order chi connectivity index (χ0) is 52.3. The van der Waals surface area contributed by atoms with Gasteiger partial charge in [-0.25, -0.2) is 4.68 Å². The van der Waals surface area contributed by atoms with E-state index in [-0.39, 0.29) is 43.4 Å². The summed E-state index contributed by atoms with van der Waals surface area (Å²) in [5.41, 5.74) is -1.98. The highest BCUT2D eigenvalue weighted by Crippen LogP contribution is 2.40. The van der Waals surface area contributed by atoms with Gasteiger partial charge in [-0.05, 0) is 99.9 Å². The Balaban J connectivity index is 1.21. The molecule has 0 unspecified atom stereocenters. The molecule has 3 fully saturated rings. The van der Waals surface area contributed by atoms with E-state index in [9.17, 15) is 25.2 Å². The van der Waals surface area contributed by atoms with E-state index < -0.39 is 89.9 Å². The second-order valence-electron chi connectivity index (χ2n) is 21.9. The van der Waals surface area contributed by atoms with Gasteiger partial charge in [0, 0.05) is 80.7 Å². The van der Waals surface area contributed by atoms with Gasteiger partial charge in [0.25, 0.3) is 0 Å². The van der Waals surface area contributed by atoms with Gasteiger partial charge in [0.2, 0.25) is 0 Å². The van der Waals surface area contributed by atoms with Crippen LogP contribution in [0.4, 0.5) is 0 Å². The molecule has 5 heterocycles. The van der Waals surface area contributed by atoms with Crippen molar-refractivity contribution in [2.75, 3.05) is 34.3 Å². The first kappa shape index (κ1) is 57.7. The van der Waals surface area contributed by atoms with Gasteiger partial charge in [-0.3, -0.25) is 4.79 Å². The Morgan fingerprint density at radius 1 is 0.972 bits per heavy atom. The van der Waals surface area contributed by atoms with Crippen molar-refractivity contribution >= 4 is 34.9 Å². The zero-order valence-electron chi connectivity index (χ0n) is 44.0. The fourth-order valence-corrected chi connectivity index (χ4v) is 11.8. The Morgan fingerprint density at radius 2 is 1.69 bits per heavy atom. The topological polar surface area (TPSA) is 212 Å². The molecule has 0 spiro atoms. The summed E-state index contributed by atoms with van der Waals surface area (Å²) >= 11 is 12.5. The van der Waals surface area contributed by atoms with Crippen molar-refractivity contribution in [1.82, 2.24) is 24.8 Å². The van der Waals surface area contributed by atoms with E-state index in [0.29, 0.717) is 48.9 Å². The van der Waals surface area contributed by atoms with E-state index >= 15 is 0 Å². The lowest BCUT2D eigenvalue weighted by atomic mass is 9.77. The van der Waals surface area contributed by atoms with Crippen LogP contribution in [-0.4, -0.2) is 181 Å². The van der Waals surface area contributed by atoms with E-state index in [1.807, 2.05) is 51.9 Å². The average molecular weight is 1040 g/mol. The van der Waals surface area contributed by atoms with E-state index in [2.05, 4.69) is 27.4 Å². The van der Waals surface area contributed by atoms with Crippen molar-refractivity contribution < 1.29 is 58.5 Å².